The minimum atomic E-state index is -0.383. The smallest absolute Gasteiger partial charge is 0.376 e. The van der Waals surface area contributed by atoms with Gasteiger partial charge in [-0.2, -0.15) is 0 Å². The van der Waals surface area contributed by atoms with Gasteiger partial charge in [0.05, 0.1) is 27.5 Å². The van der Waals surface area contributed by atoms with Gasteiger partial charge in [-0.05, 0) is 326 Å². The zero-order valence-corrected chi connectivity index (χ0v) is 58.2. The maximum Gasteiger partial charge on any atom is 0.376 e. The Bertz CT molecular complexity index is 2910. The van der Waals surface area contributed by atoms with Gasteiger partial charge in [0.15, 0.2) is 0 Å². The van der Waals surface area contributed by atoms with Crippen LogP contribution in [0, 0.1) is 35.5 Å². The molecule has 0 spiro atoms. The topological polar surface area (TPSA) is 129 Å². The number of aryl methyl sites for hydroxylation is 2. The van der Waals surface area contributed by atoms with E-state index in [1.54, 1.807) is 6.20 Å². The van der Waals surface area contributed by atoms with Gasteiger partial charge in [-0.3, -0.25) is 24.5 Å². The summed E-state index contributed by atoms with van der Waals surface area (Å²) in [5.74, 6) is 4.84. The van der Waals surface area contributed by atoms with Crippen LogP contribution in [0.25, 0.3) is 0 Å². The van der Waals surface area contributed by atoms with Crippen LogP contribution in [0.1, 0.15) is 146 Å². The molecule has 2 aromatic heterocycles. The van der Waals surface area contributed by atoms with Gasteiger partial charge in [-0.1, -0.05) is 35.3 Å². The third-order valence-electron chi connectivity index (χ3n) is 20.5. The fourth-order valence-corrected chi connectivity index (χ4v) is 17.9. The summed E-state index contributed by atoms with van der Waals surface area (Å²) in [5, 5.41) is 24.2. The van der Waals surface area contributed by atoms with Crippen LogP contribution in [0.5, 0.6) is 0 Å². The molecule has 0 bridgehead atoms. The van der Waals surface area contributed by atoms with Gasteiger partial charge >= 0.3 is 14.1 Å². The summed E-state index contributed by atoms with van der Waals surface area (Å²) in [5.41, 5.74) is 9.56. The van der Waals surface area contributed by atoms with E-state index in [4.69, 9.17) is 39.8 Å². The summed E-state index contributed by atoms with van der Waals surface area (Å²) in [6.45, 7) is 15.6. The van der Waals surface area contributed by atoms with Crippen molar-refractivity contribution in [1.82, 2.24) is 39.6 Å². The minimum absolute atomic E-state index is 0.145. The summed E-state index contributed by atoms with van der Waals surface area (Å²) < 4.78 is 4.00. The third kappa shape index (κ3) is 16.7. The van der Waals surface area contributed by atoms with E-state index in [1.807, 2.05) is 38.0 Å². The second-order valence-electron chi connectivity index (χ2n) is 25.5. The van der Waals surface area contributed by atoms with Gasteiger partial charge < -0.3 is 34.8 Å². The first-order valence-electron chi connectivity index (χ1n) is 31.7. The molecule has 4 aromatic rings. The predicted octanol–water partition coefficient (Wildman–Crippen LogP) is 13.7. The lowest BCUT2D eigenvalue weighted by atomic mass is 9.78. The summed E-state index contributed by atoms with van der Waals surface area (Å²) in [6, 6.07) is 12.6. The van der Waals surface area contributed by atoms with Crippen molar-refractivity contribution < 1.29 is 19.6 Å². The molecule has 6 saturated heterocycles. The Kier molecular flexibility index (Phi) is 24.3. The second-order valence-corrected chi connectivity index (χ2v) is 30.2. The molecule has 12 nitrogen and oxygen atoms in total. The number of nitrogens with one attached hydrogen (secondary N) is 1. The van der Waals surface area contributed by atoms with Crippen molar-refractivity contribution in [3.8, 4) is 0 Å². The number of carbonyl (C=O) groups is 2. The molecule has 8 aliphatic rings. The fraction of sp³-hybridized carbons (Fsp3) is 0.625. The molecular formula is C64H85B2Br4Cl3N8O4. The van der Waals surface area contributed by atoms with Crippen LogP contribution < -0.4 is 5.32 Å². The van der Waals surface area contributed by atoms with Gasteiger partial charge in [0.2, 0.25) is 11.8 Å². The quantitative estimate of drug-likeness (QED) is 0.110. The first kappa shape index (κ1) is 66.3. The van der Waals surface area contributed by atoms with E-state index in [1.165, 1.54) is 85.1 Å². The molecule has 85 heavy (non-hydrogen) atoms. The lowest BCUT2D eigenvalue weighted by Gasteiger charge is -2.43. The summed E-state index contributed by atoms with van der Waals surface area (Å²) in [6.07, 6.45) is 22.7. The van der Waals surface area contributed by atoms with E-state index < -0.39 is 0 Å². The minimum Gasteiger partial charge on any atom is -0.437 e. The number of pyridine rings is 2. The van der Waals surface area contributed by atoms with Crippen molar-refractivity contribution in [1.29, 1.82) is 0 Å². The molecule has 2 unspecified atom stereocenters. The monoisotopic (exact) mass is 1470 g/mol. The fourth-order valence-electron chi connectivity index (χ4n) is 15.3. The SMILES string of the molecule is CB(O)N1CCC(CC(=O)N2CCC(C3CCN(C4c5ccc(Cl)c(Br)c5CCc5cc(Br)cnc54)CC3)CC2)CC1.CB(O)N1CCC(CC(=O)N2CCC(C3CCNCC3)CC2)CC1.Clc1ccc2c(c1Br)CCc1cc(Br)cnc1C2Cl. The lowest BCUT2D eigenvalue weighted by Crippen LogP contribution is -2.45. The Morgan fingerprint density at radius 3 is 1.41 bits per heavy atom. The van der Waals surface area contributed by atoms with Gasteiger partial charge in [-0.25, -0.2) is 0 Å². The van der Waals surface area contributed by atoms with Crippen LogP contribution >= 0.6 is 98.5 Å². The molecule has 6 aliphatic heterocycles. The number of hydrogen-bond donors (Lipinski definition) is 3. The van der Waals surface area contributed by atoms with Gasteiger partial charge in [0.25, 0.3) is 0 Å². The van der Waals surface area contributed by atoms with Gasteiger partial charge in [-0.15, -0.1) is 11.6 Å². The van der Waals surface area contributed by atoms with E-state index in [0.717, 1.165) is 187 Å². The summed E-state index contributed by atoms with van der Waals surface area (Å²) in [4.78, 5) is 46.3. The number of hydrogen-bond acceptors (Lipinski definition) is 10. The van der Waals surface area contributed by atoms with Crippen LogP contribution in [0.3, 0.4) is 0 Å². The zero-order valence-electron chi connectivity index (χ0n) is 49.6. The molecule has 460 valence electrons. The van der Waals surface area contributed by atoms with Crippen molar-refractivity contribution >= 4 is 124 Å². The largest absolute Gasteiger partial charge is 0.437 e. The molecule has 2 atom stereocenters. The molecule has 0 radical (unpaired) electrons. The molecule has 6 fully saturated rings. The maximum absolute atomic E-state index is 13.1. The average Bonchev–Trinajstić information content (AvgIpc) is 2.70. The number of piperidine rings is 6. The van der Waals surface area contributed by atoms with Gasteiger partial charge in [0, 0.05) is 69.3 Å². The number of alkyl halides is 1. The Hall–Kier alpha value is -1.64. The van der Waals surface area contributed by atoms with Crippen LogP contribution in [0.2, 0.25) is 23.7 Å². The number of carbonyl (C=O) groups excluding carboxylic acids is 2. The number of benzene rings is 2. The Morgan fingerprint density at radius 2 is 0.953 bits per heavy atom. The molecule has 21 heteroatoms. The van der Waals surface area contributed by atoms with E-state index in [2.05, 4.69) is 117 Å². The summed E-state index contributed by atoms with van der Waals surface area (Å²) in [7, 11) is -0.734. The Morgan fingerprint density at radius 1 is 0.553 bits per heavy atom. The number of amides is 2. The average molecular weight is 1480 g/mol. The predicted molar refractivity (Wildman–Crippen MR) is 361 cm³/mol. The molecule has 2 aromatic carbocycles. The molecule has 2 aliphatic carbocycles. The van der Waals surface area contributed by atoms with E-state index in [0.29, 0.717) is 42.4 Å². The van der Waals surface area contributed by atoms with Crippen LogP contribution in [0.4, 0.5) is 0 Å². The first-order chi connectivity index (χ1) is 41.0. The molecule has 12 rings (SSSR count). The van der Waals surface area contributed by atoms with Crippen LogP contribution in [-0.2, 0) is 35.3 Å². The van der Waals surface area contributed by atoms with Crippen LogP contribution in [0.15, 0.2) is 66.7 Å². The number of rotatable bonds is 9. The maximum atomic E-state index is 13.1. The van der Waals surface area contributed by atoms with Crippen molar-refractivity contribution in [2.45, 2.75) is 141 Å². The Balaban J connectivity index is 0.000000157. The number of fused-ring (bicyclic) bond motifs is 4. The first-order valence-corrected chi connectivity index (χ1v) is 36.1. The lowest BCUT2D eigenvalue weighted by molar-refractivity contribution is -0.135. The van der Waals surface area contributed by atoms with Crippen molar-refractivity contribution in [3.63, 3.8) is 0 Å². The number of likely N-dealkylation sites (tertiary alicyclic amines) is 3. The highest BCUT2D eigenvalue weighted by atomic mass is 79.9. The van der Waals surface area contributed by atoms with E-state index in [-0.39, 0.29) is 25.5 Å². The highest BCUT2D eigenvalue weighted by Gasteiger charge is 2.38. The third-order valence-corrected chi connectivity index (χ3v) is 24.7. The molecular weight excluding hydrogens is 1390 g/mol. The number of nitrogens with zero attached hydrogens (tertiary/aromatic N) is 7. The highest BCUT2D eigenvalue weighted by Crippen LogP contribution is 2.45. The zero-order chi connectivity index (χ0) is 59.9. The van der Waals surface area contributed by atoms with Gasteiger partial charge in [0.1, 0.15) is 5.38 Å². The van der Waals surface area contributed by atoms with Crippen molar-refractivity contribution in [2.24, 2.45) is 35.5 Å². The molecule has 0 saturated carbocycles. The summed E-state index contributed by atoms with van der Waals surface area (Å²) >= 11 is 33.8. The molecule has 8 heterocycles. The van der Waals surface area contributed by atoms with Crippen molar-refractivity contribution in [2.75, 3.05) is 78.5 Å². The van der Waals surface area contributed by atoms with Crippen LogP contribution in [-0.4, -0.2) is 149 Å². The number of halogens is 7. The molecule has 2 amide bonds. The normalized spacial score (nSPS) is 22.8. The standard InChI is InChI=1S/C32H42BBr2ClN4O2.C18H34BN3O2.C14H9Br2Cl2N/c1-33(42)40-16-6-21(7-17-40)18-29(41)38-12-8-22(9-13-38)23-10-14-39(15-11-23)32-27-4-5-28(36)30(35)26(27)3-2-24-19-25(34)20-37-31(24)32;1-19(24)22-12-4-15(5-13-22)14-18(23)21-10-6-17(7-11-21)16-2-8-20-9-3-16;15-8-5-7-1-2-9-10(3-4-11(17)12(9)16)13(18)14(7)19-6-8/h4-5,19-23,32,42H,2-3,6-18H2,1H3;15-17,20,24H,2-14H2,1H3;3-6,13H,1-2H2. The van der Waals surface area contributed by atoms with E-state index in [9.17, 15) is 19.6 Å². The Labute approximate surface area is 555 Å². The number of aromatic nitrogens is 2. The van der Waals surface area contributed by atoms with E-state index >= 15 is 0 Å². The highest BCUT2D eigenvalue weighted by molar-refractivity contribution is 9.11. The second kappa shape index (κ2) is 31.1. The van der Waals surface area contributed by atoms with Crippen molar-refractivity contribution in [3.05, 3.63) is 121 Å². The molecule has 3 N–H and O–H groups in total.